The maximum Gasteiger partial charge on any atom is 0.303 e. The number of piperazine rings is 1. The quantitative estimate of drug-likeness (QED) is 0.508. The van der Waals surface area contributed by atoms with Gasteiger partial charge in [0.05, 0.1) is 16.6 Å². The van der Waals surface area contributed by atoms with Gasteiger partial charge in [-0.15, -0.1) is 11.3 Å². The molecule has 1 fully saturated rings. The van der Waals surface area contributed by atoms with Crippen LogP contribution in [0.2, 0.25) is 0 Å². The van der Waals surface area contributed by atoms with E-state index < -0.39 is 5.97 Å². The van der Waals surface area contributed by atoms with Crippen LogP contribution in [0.1, 0.15) is 23.2 Å². The first kappa shape index (κ1) is 21.2. The molecule has 1 N–H and O–H groups in total. The molecule has 0 unspecified atom stereocenters. The van der Waals surface area contributed by atoms with Gasteiger partial charge in [0.25, 0.3) is 0 Å². The number of aromatic nitrogens is 2. The van der Waals surface area contributed by atoms with E-state index in [4.69, 9.17) is 9.84 Å². The number of fused-ring (bicyclic) bond motifs is 1. The van der Waals surface area contributed by atoms with Gasteiger partial charge in [0, 0.05) is 44.7 Å². The third kappa shape index (κ3) is 5.36. The number of nitrogens with zero attached hydrogens (tertiary/aromatic N) is 4. The highest BCUT2D eigenvalue weighted by Gasteiger charge is 2.20. The van der Waals surface area contributed by atoms with Crippen molar-refractivity contribution >= 4 is 39.1 Å². The van der Waals surface area contributed by atoms with Gasteiger partial charge in [-0.1, -0.05) is 0 Å². The maximum absolute atomic E-state index is 11.9. The number of thiophene rings is 1. The minimum Gasteiger partial charge on any atom is -0.492 e. The Balaban J connectivity index is 1.21. The summed E-state index contributed by atoms with van der Waals surface area (Å²) >= 11 is 1.68. The molecule has 1 aliphatic heterocycles. The van der Waals surface area contributed by atoms with Crippen LogP contribution in [0, 0.1) is 0 Å². The molecule has 0 atom stereocenters. The molecule has 0 amide bonds. The smallest absolute Gasteiger partial charge is 0.303 e. The Kier molecular flexibility index (Phi) is 6.73. The van der Waals surface area contributed by atoms with Crippen molar-refractivity contribution in [1.29, 1.82) is 0 Å². The minimum absolute atomic E-state index is 0.00847. The summed E-state index contributed by atoms with van der Waals surface area (Å²) in [5.74, 6) is 0.588. The third-order valence-corrected chi connectivity index (χ3v) is 6.21. The average molecular weight is 441 g/mol. The molecule has 162 valence electrons. The van der Waals surface area contributed by atoms with E-state index in [1.165, 1.54) is 0 Å². The van der Waals surface area contributed by atoms with Crippen molar-refractivity contribution in [2.24, 2.45) is 0 Å². The molecule has 0 spiro atoms. The van der Waals surface area contributed by atoms with Crippen molar-refractivity contribution in [3.63, 3.8) is 0 Å². The molecule has 0 bridgehead atoms. The van der Waals surface area contributed by atoms with E-state index in [1.807, 2.05) is 6.07 Å². The number of hydrogen-bond donors (Lipinski definition) is 1. The van der Waals surface area contributed by atoms with Crippen molar-refractivity contribution < 1.29 is 19.4 Å². The van der Waals surface area contributed by atoms with Crippen LogP contribution in [0.4, 0.5) is 5.82 Å². The van der Waals surface area contributed by atoms with Gasteiger partial charge in [-0.05, 0) is 35.7 Å². The average Bonchev–Trinajstić information content (AvgIpc) is 3.27. The van der Waals surface area contributed by atoms with Gasteiger partial charge in [0.15, 0.2) is 5.78 Å². The first-order valence-corrected chi connectivity index (χ1v) is 11.1. The zero-order valence-corrected chi connectivity index (χ0v) is 17.9. The molecule has 9 heteroatoms. The maximum atomic E-state index is 11.9. The summed E-state index contributed by atoms with van der Waals surface area (Å²) in [6, 6.07) is 8.91. The molecule has 1 aliphatic rings. The molecule has 1 aromatic carbocycles. The molecule has 4 rings (SSSR count). The van der Waals surface area contributed by atoms with E-state index in [1.54, 1.807) is 41.9 Å². The number of ether oxygens (including phenoxy) is 1. The lowest BCUT2D eigenvalue weighted by Crippen LogP contribution is -2.47. The molecule has 31 heavy (non-hydrogen) atoms. The summed E-state index contributed by atoms with van der Waals surface area (Å²) in [5, 5.41) is 10.7. The number of carbonyl (C=O) groups excluding carboxylic acids is 1. The lowest BCUT2D eigenvalue weighted by molar-refractivity contribution is -0.136. The lowest BCUT2D eigenvalue weighted by atomic mass is 10.1. The topological polar surface area (TPSA) is 95.9 Å². The van der Waals surface area contributed by atoms with E-state index in [9.17, 15) is 9.59 Å². The number of Topliss-reactive ketones (excluding diaryl/α,β-unsaturated/α-hetero) is 1. The van der Waals surface area contributed by atoms with Gasteiger partial charge in [-0.2, -0.15) is 0 Å². The van der Waals surface area contributed by atoms with Crippen LogP contribution in [0.15, 0.2) is 42.0 Å². The fourth-order valence-corrected chi connectivity index (χ4v) is 4.44. The van der Waals surface area contributed by atoms with Crippen molar-refractivity contribution in [1.82, 2.24) is 14.9 Å². The van der Waals surface area contributed by atoms with E-state index in [-0.39, 0.29) is 18.6 Å². The number of carbonyl (C=O) groups is 2. The second kappa shape index (κ2) is 9.84. The van der Waals surface area contributed by atoms with Crippen molar-refractivity contribution in [3.05, 3.63) is 47.6 Å². The van der Waals surface area contributed by atoms with Gasteiger partial charge in [0.2, 0.25) is 0 Å². The SMILES string of the molecule is O=C(O)CCC(=O)c1ccc(OCCN2CCN(c3ncnc4ccsc34)CC2)cc1. The number of carboxylic acids is 1. The predicted octanol–water partition coefficient (Wildman–Crippen LogP) is 2.94. The van der Waals surface area contributed by atoms with E-state index in [0.29, 0.717) is 17.9 Å². The Morgan fingerprint density at radius 2 is 1.81 bits per heavy atom. The van der Waals surface area contributed by atoms with E-state index in [2.05, 4.69) is 25.1 Å². The van der Waals surface area contributed by atoms with Gasteiger partial charge < -0.3 is 14.7 Å². The summed E-state index contributed by atoms with van der Waals surface area (Å²) in [6.07, 6.45) is 1.49. The first-order valence-electron chi connectivity index (χ1n) is 10.2. The summed E-state index contributed by atoms with van der Waals surface area (Å²) in [7, 11) is 0. The fraction of sp³-hybridized carbons (Fsp3) is 0.364. The molecule has 3 aromatic rings. The number of aliphatic carboxylic acids is 1. The van der Waals surface area contributed by atoms with Crippen LogP contribution >= 0.6 is 11.3 Å². The molecular weight excluding hydrogens is 416 g/mol. The Morgan fingerprint density at radius 1 is 1.03 bits per heavy atom. The Labute approximate surface area is 184 Å². The number of ketones is 1. The summed E-state index contributed by atoms with van der Waals surface area (Å²) in [5.41, 5.74) is 1.51. The number of hydrogen-bond acceptors (Lipinski definition) is 8. The Hall–Kier alpha value is -3.04. The highest BCUT2D eigenvalue weighted by atomic mass is 32.1. The van der Waals surface area contributed by atoms with E-state index in [0.717, 1.165) is 48.8 Å². The van der Waals surface area contributed by atoms with Crippen molar-refractivity contribution in [3.8, 4) is 5.75 Å². The zero-order valence-electron chi connectivity index (χ0n) is 17.1. The summed E-state index contributed by atoms with van der Waals surface area (Å²) in [4.78, 5) is 36.0. The summed E-state index contributed by atoms with van der Waals surface area (Å²) < 4.78 is 6.96. The second-order valence-corrected chi connectivity index (χ2v) is 8.27. The molecule has 0 aliphatic carbocycles. The normalized spacial score (nSPS) is 14.6. The highest BCUT2D eigenvalue weighted by molar-refractivity contribution is 7.17. The van der Waals surface area contributed by atoms with Crippen LogP contribution in [-0.2, 0) is 4.79 Å². The summed E-state index contributed by atoms with van der Waals surface area (Å²) in [6.45, 7) is 5.10. The predicted molar refractivity (Wildman–Crippen MR) is 119 cm³/mol. The number of rotatable bonds is 9. The monoisotopic (exact) mass is 440 g/mol. The first-order chi connectivity index (χ1) is 15.1. The molecular formula is C22H24N4O4S. The number of carboxylic acid groups (broad SMARTS) is 1. The number of benzene rings is 1. The standard InChI is InChI=1S/C22H24N4O4S/c27-19(5-6-20(28)29)16-1-3-17(4-2-16)30-13-12-25-8-10-26(11-9-25)22-21-18(7-14-31-21)23-15-24-22/h1-4,7,14-15H,5-6,8-13H2,(H,28,29). The van der Waals surface area contributed by atoms with Crippen LogP contribution in [0.25, 0.3) is 10.2 Å². The Morgan fingerprint density at radius 3 is 2.55 bits per heavy atom. The highest BCUT2D eigenvalue weighted by Crippen LogP contribution is 2.28. The van der Waals surface area contributed by atoms with Crippen molar-refractivity contribution in [2.75, 3.05) is 44.2 Å². The zero-order chi connectivity index (χ0) is 21.6. The fourth-order valence-electron chi connectivity index (χ4n) is 3.58. The molecule has 0 radical (unpaired) electrons. The number of anilines is 1. The minimum atomic E-state index is -0.967. The van der Waals surface area contributed by atoms with Gasteiger partial charge in [0.1, 0.15) is 24.5 Å². The molecule has 0 saturated carbocycles. The molecule has 1 saturated heterocycles. The molecule has 8 nitrogen and oxygen atoms in total. The Bertz CT molecular complexity index is 1050. The molecule has 3 heterocycles. The van der Waals surface area contributed by atoms with Crippen LogP contribution in [-0.4, -0.2) is 71.1 Å². The van der Waals surface area contributed by atoms with E-state index >= 15 is 0 Å². The lowest BCUT2D eigenvalue weighted by Gasteiger charge is -2.35. The van der Waals surface area contributed by atoms with Gasteiger partial charge in [-0.25, -0.2) is 9.97 Å². The van der Waals surface area contributed by atoms with Crippen LogP contribution < -0.4 is 9.64 Å². The van der Waals surface area contributed by atoms with Crippen LogP contribution in [0.3, 0.4) is 0 Å². The van der Waals surface area contributed by atoms with Crippen LogP contribution in [0.5, 0.6) is 5.75 Å². The second-order valence-electron chi connectivity index (χ2n) is 7.35. The van der Waals surface area contributed by atoms with Gasteiger partial charge in [-0.3, -0.25) is 14.5 Å². The molecule has 2 aromatic heterocycles. The van der Waals surface area contributed by atoms with Crippen molar-refractivity contribution in [2.45, 2.75) is 12.8 Å². The largest absolute Gasteiger partial charge is 0.492 e. The third-order valence-electron chi connectivity index (χ3n) is 5.31. The van der Waals surface area contributed by atoms with Gasteiger partial charge >= 0.3 is 5.97 Å².